The normalized spacial score (nSPS) is 27.1. The number of rotatable bonds is 6. The van der Waals surface area contributed by atoms with E-state index < -0.39 is 6.10 Å². The molecule has 1 aliphatic heterocycles. The summed E-state index contributed by atoms with van der Waals surface area (Å²) in [5, 5.41) is 13.2. The molecule has 0 unspecified atom stereocenters. The van der Waals surface area contributed by atoms with Crippen LogP contribution in [-0.2, 0) is 9.53 Å². The van der Waals surface area contributed by atoms with Crippen LogP contribution in [0.4, 0.5) is 0 Å². The van der Waals surface area contributed by atoms with Crippen molar-refractivity contribution in [3.05, 3.63) is 0 Å². The molecule has 1 heterocycles. The Bertz CT molecular complexity index is 311. The highest BCUT2D eigenvalue weighted by Crippen LogP contribution is 2.20. The van der Waals surface area contributed by atoms with Gasteiger partial charge < -0.3 is 20.1 Å². The summed E-state index contributed by atoms with van der Waals surface area (Å²) in [7, 11) is 0. The number of likely N-dealkylation sites (N-methyl/N-ethyl adjacent to an activating group) is 1. The number of hydrogen-bond donors (Lipinski definition) is 2. The molecule has 1 amide bonds. The van der Waals surface area contributed by atoms with E-state index in [1.807, 2.05) is 20.8 Å². The lowest BCUT2D eigenvalue weighted by Crippen LogP contribution is -2.47. The largest absolute Gasteiger partial charge is 0.388 e. The maximum atomic E-state index is 11.9. The minimum absolute atomic E-state index is 0.0198. The molecular weight excluding hydrogens is 256 g/mol. The van der Waals surface area contributed by atoms with Crippen LogP contribution >= 0.6 is 0 Å². The van der Waals surface area contributed by atoms with Crippen molar-refractivity contribution >= 4 is 5.91 Å². The maximum Gasteiger partial charge on any atom is 0.220 e. The first-order chi connectivity index (χ1) is 9.26. The number of carbonyl (C=O) groups excluding carboxylic acids is 1. The highest BCUT2D eigenvalue weighted by molar-refractivity contribution is 5.77. The molecule has 0 aromatic heterocycles. The van der Waals surface area contributed by atoms with Gasteiger partial charge in [-0.2, -0.15) is 0 Å². The Balaban J connectivity index is 2.45. The van der Waals surface area contributed by atoms with Crippen molar-refractivity contribution in [2.75, 3.05) is 26.2 Å². The number of nitrogens with zero attached hydrogens (tertiary/aromatic N) is 1. The van der Waals surface area contributed by atoms with E-state index in [0.29, 0.717) is 19.6 Å². The van der Waals surface area contributed by atoms with Gasteiger partial charge in [0, 0.05) is 13.0 Å². The van der Waals surface area contributed by atoms with E-state index in [4.69, 9.17) is 4.74 Å². The number of aliphatic hydroxyl groups is 1. The summed E-state index contributed by atoms with van der Waals surface area (Å²) in [5.41, 5.74) is -0.0465. The molecule has 5 nitrogen and oxygen atoms in total. The molecule has 1 aliphatic rings. The van der Waals surface area contributed by atoms with E-state index in [-0.39, 0.29) is 23.5 Å². The molecule has 0 saturated carbocycles. The first-order valence-electron chi connectivity index (χ1n) is 7.58. The third-order valence-corrected chi connectivity index (χ3v) is 3.65. The number of carbonyl (C=O) groups is 1. The van der Waals surface area contributed by atoms with Crippen LogP contribution < -0.4 is 5.32 Å². The van der Waals surface area contributed by atoms with Crippen molar-refractivity contribution in [3.8, 4) is 0 Å². The Morgan fingerprint density at radius 3 is 2.45 bits per heavy atom. The summed E-state index contributed by atoms with van der Waals surface area (Å²) in [6.45, 7) is 13.2. The number of ether oxygens (including phenoxy) is 1. The van der Waals surface area contributed by atoms with Gasteiger partial charge in [0.2, 0.25) is 5.91 Å². The Morgan fingerprint density at radius 1 is 1.35 bits per heavy atom. The van der Waals surface area contributed by atoms with Crippen LogP contribution in [0.3, 0.4) is 0 Å². The Labute approximate surface area is 122 Å². The van der Waals surface area contributed by atoms with Gasteiger partial charge in [-0.1, -0.05) is 34.6 Å². The zero-order chi connectivity index (χ0) is 15.3. The molecule has 0 spiro atoms. The van der Waals surface area contributed by atoms with Crippen LogP contribution in [0, 0.1) is 5.41 Å². The van der Waals surface area contributed by atoms with Crippen molar-refractivity contribution in [2.24, 2.45) is 5.41 Å². The summed E-state index contributed by atoms with van der Waals surface area (Å²) >= 11 is 0. The molecule has 0 aromatic carbocycles. The summed E-state index contributed by atoms with van der Waals surface area (Å²) in [6, 6.07) is -0.287. The SMILES string of the molecule is CCN(CC)C[C@@H]1OC[C@H](NC(=O)CC(C)(C)C)[C@H]1O. The van der Waals surface area contributed by atoms with Crippen LogP contribution in [0.15, 0.2) is 0 Å². The second-order valence-electron chi connectivity index (χ2n) is 6.76. The van der Waals surface area contributed by atoms with Crippen LogP contribution in [0.5, 0.6) is 0 Å². The minimum atomic E-state index is -0.625. The Morgan fingerprint density at radius 2 is 1.95 bits per heavy atom. The third-order valence-electron chi connectivity index (χ3n) is 3.65. The lowest BCUT2D eigenvalue weighted by Gasteiger charge is -2.25. The van der Waals surface area contributed by atoms with Gasteiger partial charge in [-0.05, 0) is 18.5 Å². The third kappa shape index (κ3) is 5.38. The second-order valence-corrected chi connectivity index (χ2v) is 6.76. The van der Waals surface area contributed by atoms with E-state index in [0.717, 1.165) is 13.1 Å². The fraction of sp³-hybridized carbons (Fsp3) is 0.933. The highest BCUT2D eigenvalue weighted by Gasteiger charge is 2.37. The molecule has 1 saturated heterocycles. The molecular formula is C15H30N2O3. The fourth-order valence-corrected chi connectivity index (χ4v) is 2.45. The topological polar surface area (TPSA) is 61.8 Å². The zero-order valence-electron chi connectivity index (χ0n) is 13.5. The molecule has 118 valence electrons. The molecule has 0 aromatic rings. The van der Waals surface area contributed by atoms with E-state index >= 15 is 0 Å². The standard InChI is InChI=1S/C15H30N2O3/c1-6-17(7-2)9-12-14(19)11(10-20-12)16-13(18)8-15(3,4)5/h11-12,14,19H,6-10H2,1-5H3,(H,16,18)/t11-,12-,14+/m0/s1. The smallest absolute Gasteiger partial charge is 0.220 e. The van der Waals surface area contributed by atoms with E-state index in [1.54, 1.807) is 0 Å². The highest BCUT2D eigenvalue weighted by atomic mass is 16.5. The average Bonchev–Trinajstić information content (AvgIpc) is 2.65. The molecule has 5 heteroatoms. The van der Waals surface area contributed by atoms with Crippen LogP contribution in [0.1, 0.15) is 41.0 Å². The Kier molecular flexibility index (Phi) is 6.43. The molecule has 0 aliphatic carbocycles. The van der Waals surface area contributed by atoms with Crippen LogP contribution in [-0.4, -0.2) is 60.4 Å². The molecule has 0 bridgehead atoms. The van der Waals surface area contributed by atoms with Gasteiger partial charge in [-0.3, -0.25) is 4.79 Å². The van der Waals surface area contributed by atoms with Gasteiger partial charge in [0.15, 0.2) is 0 Å². The van der Waals surface area contributed by atoms with Gasteiger partial charge in [0.05, 0.1) is 18.8 Å². The lowest BCUT2D eigenvalue weighted by molar-refractivity contribution is -0.124. The van der Waals surface area contributed by atoms with Crippen molar-refractivity contribution in [1.82, 2.24) is 10.2 Å². The van der Waals surface area contributed by atoms with Gasteiger partial charge in [0.1, 0.15) is 6.10 Å². The lowest BCUT2D eigenvalue weighted by atomic mass is 9.91. The van der Waals surface area contributed by atoms with Gasteiger partial charge in [-0.15, -0.1) is 0 Å². The molecule has 0 radical (unpaired) electrons. The molecule has 2 N–H and O–H groups in total. The first-order valence-corrected chi connectivity index (χ1v) is 7.58. The van der Waals surface area contributed by atoms with Crippen molar-refractivity contribution < 1.29 is 14.6 Å². The zero-order valence-corrected chi connectivity index (χ0v) is 13.5. The van der Waals surface area contributed by atoms with E-state index in [2.05, 4.69) is 24.1 Å². The number of hydrogen-bond acceptors (Lipinski definition) is 4. The fourth-order valence-electron chi connectivity index (χ4n) is 2.45. The average molecular weight is 286 g/mol. The van der Waals surface area contributed by atoms with Gasteiger partial charge >= 0.3 is 0 Å². The number of amides is 1. The molecule has 1 fully saturated rings. The quantitative estimate of drug-likeness (QED) is 0.765. The number of aliphatic hydroxyl groups excluding tert-OH is 1. The van der Waals surface area contributed by atoms with Crippen molar-refractivity contribution in [2.45, 2.75) is 59.3 Å². The van der Waals surface area contributed by atoms with Crippen molar-refractivity contribution in [1.29, 1.82) is 0 Å². The molecule has 20 heavy (non-hydrogen) atoms. The summed E-state index contributed by atoms with van der Waals surface area (Å²) < 4.78 is 5.64. The van der Waals surface area contributed by atoms with E-state index in [9.17, 15) is 9.90 Å². The second kappa shape index (κ2) is 7.38. The predicted molar refractivity (Wildman–Crippen MR) is 79.5 cm³/mol. The van der Waals surface area contributed by atoms with E-state index in [1.165, 1.54) is 0 Å². The summed E-state index contributed by atoms with van der Waals surface area (Å²) in [4.78, 5) is 14.1. The molecule has 1 rings (SSSR count). The first kappa shape index (κ1) is 17.4. The molecule has 3 atom stereocenters. The van der Waals surface area contributed by atoms with Gasteiger partial charge in [-0.25, -0.2) is 0 Å². The summed E-state index contributed by atoms with van der Waals surface area (Å²) in [5.74, 6) is -0.0198. The van der Waals surface area contributed by atoms with Crippen molar-refractivity contribution in [3.63, 3.8) is 0 Å². The summed E-state index contributed by atoms with van der Waals surface area (Å²) in [6.07, 6.45) is -0.383. The minimum Gasteiger partial charge on any atom is -0.388 e. The maximum absolute atomic E-state index is 11.9. The number of nitrogens with one attached hydrogen (secondary N) is 1. The van der Waals surface area contributed by atoms with Crippen LogP contribution in [0.2, 0.25) is 0 Å². The Hall–Kier alpha value is -0.650. The van der Waals surface area contributed by atoms with Gasteiger partial charge in [0.25, 0.3) is 0 Å². The predicted octanol–water partition coefficient (Wildman–Crippen LogP) is 1.01. The van der Waals surface area contributed by atoms with Crippen LogP contribution in [0.25, 0.3) is 0 Å². The monoisotopic (exact) mass is 286 g/mol.